The van der Waals surface area contributed by atoms with Crippen molar-refractivity contribution in [2.24, 2.45) is 0 Å². The first-order chi connectivity index (χ1) is 11.2. The molecule has 1 saturated heterocycles. The van der Waals surface area contributed by atoms with E-state index in [1.807, 2.05) is 6.20 Å². The number of nitrogens with zero attached hydrogens (tertiary/aromatic N) is 3. The lowest BCUT2D eigenvalue weighted by molar-refractivity contribution is 0.155. The average Bonchev–Trinajstić information content (AvgIpc) is 2.99. The maximum Gasteiger partial charge on any atom is 0.183 e. The lowest BCUT2D eigenvalue weighted by Gasteiger charge is -2.32. The second kappa shape index (κ2) is 8.11. The second-order valence-corrected chi connectivity index (χ2v) is 7.72. The zero-order valence-corrected chi connectivity index (χ0v) is 15.0. The summed E-state index contributed by atoms with van der Waals surface area (Å²) in [5.41, 5.74) is 2.54. The fraction of sp³-hybridized carbons (Fsp3) is 0.471. The van der Waals surface area contributed by atoms with E-state index in [4.69, 9.17) is 11.6 Å². The normalized spacial score (nSPS) is 16.6. The first-order valence-corrected chi connectivity index (χ1v) is 9.22. The molecule has 1 N–H and O–H groups in total. The standard InChI is InChI=1S/C17H23ClN4S/c1-21-8-10-22(11-9-21)7-6-14-2-4-15(5-3-14)19-12-16-13-20-17(18)23-16/h2-5,13,19H,6-12H2,1H3. The highest BCUT2D eigenvalue weighted by atomic mass is 35.5. The molecule has 124 valence electrons. The van der Waals surface area contributed by atoms with Gasteiger partial charge in [0, 0.05) is 49.5 Å². The van der Waals surface area contributed by atoms with Gasteiger partial charge in [-0.05, 0) is 31.2 Å². The molecule has 4 nitrogen and oxygen atoms in total. The first kappa shape index (κ1) is 16.7. The van der Waals surface area contributed by atoms with Crippen molar-refractivity contribution in [1.29, 1.82) is 0 Å². The molecule has 0 bridgehead atoms. The van der Waals surface area contributed by atoms with E-state index >= 15 is 0 Å². The number of anilines is 1. The van der Waals surface area contributed by atoms with Crippen LogP contribution in [0.15, 0.2) is 30.5 Å². The van der Waals surface area contributed by atoms with Gasteiger partial charge in [0.2, 0.25) is 0 Å². The summed E-state index contributed by atoms with van der Waals surface area (Å²) in [7, 11) is 2.20. The van der Waals surface area contributed by atoms with Gasteiger partial charge in [-0.25, -0.2) is 4.98 Å². The van der Waals surface area contributed by atoms with Gasteiger partial charge in [-0.15, -0.1) is 11.3 Å². The maximum absolute atomic E-state index is 5.84. The molecule has 6 heteroatoms. The van der Waals surface area contributed by atoms with Crippen molar-refractivity contribution >= 4 is 28.6 Å². The lowest BCUT2D eigenvalue weighted by Crippen LogP contribution is -2.45. The van der Waals surface area contributed by atoms with Crippen LogP contribution in [0.25, 0.3) is 0 Å². The molecule has 1 aromatic carbocycles. The molecule has 2 aromatic rings. The topological polar surface area (TPSA) is 31.4 Å². The van der Waals surface area contributed by atoms with Crippen molar-refractivity contribution < 1.29 is 0 Å². The second-order valence-electron chi connectivity index (χ2n) is 6.02. The van der Waals surface area contributed by atoms with E-state index in [0.29, 0.717) is 4.47 Å². The smallest absolute Gasteiger partial charge is 0.183 e. The number of likely N-dealkylation sites (N-methyl/N-ethyl adjacent to an activating group) is 1. The molecule has 0 aliphatic carbocycles. The van der Waals surface area contributed by atoms with E-state index in [-0.39, 0.29) is 0 Å². The van der Waals surface area contributed by atoms with Gasteiger partial charge in [0.1, 0.15) is 0 Å². The molecule has 1 aliphatic rings. The van der Waals surface area contributed by atoms with Crippen LogP contribution in [-0.2, 0) is 13.0 Å². The number of halogens is 1. The average molecular weight is 351 g/mol. The van der Waals surface area contributed by atoms with Crippen LogP contribution in [0.3, 0.4) is 0 Å². The Labute approximate surface area is 147 Å². The molecule has 23 heavy (non-hydrogen) atoms. The van der Waals surface area contributed by atoms with Crippen LogP contribution in [0.2, 0.25) is 4.47 Å². The van der Waals surface area contributed by atoms with Gasteiger partial charge in [0.05, 0.1) is 6.54 Å². The zero-order valence-electron chi connectivity index (χ0n) is 13.5. The number of hydrogen-bond donors (Lipinski definition) is 1. The Hall–Kier alpha value is -1.14. The van der Waals surface area contributed by atoms with E-state index in [1.54, 1.807) is 0 Å². The van der Waals surface area contributed by atoms with Crippen molar-refractivity contribution in [2.75, 3.05) is 45.1 Å². The van der Waals surface area contributed by atoms with E-state index < -0.39 is 0 Å². The van der Waals surface area contributed by atoms with E-state index in [2.05, 4.69) is 51.4 Å². The van der Waals surface area contributed by atoms with Crippen LogP contribution in [-0.4, -0.2) is 54.6 Å². The van der Waals surface area contributed by atoms with Gasteiger partial charge >= 0.3 is 0 Å². The summed E-state index contributed by atoms with van der Waals surface area (Å²) < 4.78 is 0.598. The molecule has 0 spiro atoms. The fourth-order valence-corrected chi connectivity index (χ4v) is 3.62. The lowest BCUT2D eigenvalue weighted by atomic mass is 10.1. The quantitative estimate of drug-likeness (QED) is 0.867. The zero-order chi connectivity index (χ0) is 16.1. The van der Waals surface area contributed by atoms with Crippen LogP contribution in [0.1, 0.15) is 10.4 Å². The Morgan fingerprint density at radius 3 is 2.57 bits per heavy atom. The molecule has 0 amide bonds. The number of thiazole rings is 1. The molecule has 1 fully saturated rings. The van der Waals surface area contributed by atoms with Crippen molar-refractivity contribution in [3.05, 3.63) is 45.4 Å². The number of piperazine rings is 1. The van der Waals surface area contributed by atoms with E-state index in [9.17, 15) is 0 Å². The summed E-state index contributed by atoms with van der Waals surface area (Å²) in [5.74, 6) is 0. The first-order valence-electron chi connectivity index (χ1n) is 8.03. The maximum atomic E-state index is 5.84. The molecule has 3 rings (SSSR count). The number of benzene rings is 1. The van der Waals surface area contributed by atoms with Crippen LogP contribution in [0.5, 0.6) is 0 Å². The van der Waals surface area contributed by atoms with Gasteiger partial charge in [0.15, 0.2) is 4.47 Å². The summed E-state index contributed by atoms with van der Waals surface area (Å²) >= 11 is 7.36. The van der Waals surface area contributed by atoms with Gasteiger partial charge in [-0.3, -0.25) is 0 Å². The highest BCUT2D eigenvalue weighted by Gasteiger charge is 2.13. The molecule has 1 aliphatic heterocycles. The summed E-state index contributed by atoms with van der Waals surface area (Å²) in [4.78, 5) is 10.2. The van der Waals surface area contributed by atoms with Crippen LogP contribution in [0, 0.1) is 0 Å². The predicted molar refractivity (Wildman–Crippen MR) is 98.5 cm³/mol. The molecule has 0 radical (unpaired) electrons. The van der Waals surface area contributed by atoms with E-state index in [1.165, 1.54) is 43.1 Å². The summed E-state index contributed by atoms with van der Waals surface area (Å²) in [6.45, 7) is 6.67. The molecule has 2 heterocycles. The minimum atomic E-state index is 0.598. The van der Waals surface area contributed by atoms with Gasteiger partial charge in [-0.2, -0.15) is 0 Å². The third-order valence-corrected chi connectivity index (χ3v) is 5.37. The van der Waals surface area contributed by atoms with Crippen LogP contribution >= 0.6 is 22.9 Å². The van der Waals surface area contributed by atoms with Crippen molar-refractivity contribution in [1.82, 2.24) is 14.8 Å². The predicted octanol–water partition coefficient (Wildman–Crippen LogP) is 3.20. The number of rotatable bonds is 6. The van der Waals surface area contributed by atoms with Crippen LogP contribution < -0.4 is 5.32 Å². The van der Waals surface area contributed by atoms with Crippen molar-refractivity contribution in [3.63, 3.8) is 0 Å². The van der Waals surface area contributed by atoms with Gasteiger partial charge in [-0.1, -0.05) is 23.7 Å². The Kier molecular flexibility index (Phi) is 5.89. The van der Waals surface area contributed by atoms with Gasteiger partial charge in [0.25, 0.3) is 0 Å². The number of hydrogen-bond acceptors (Lipinski definition) is 5. The third kappa shape index (κ3) is 5.18. The van der Waals surface area contributed by atoms with Gasteiger partial charge < -0.3 is 15.1 Å². The number of nitrogens with one attached hydrogen (secondary N) is 1. The third-order valence-electron chi connectivity index (χ3n) is 4.26. The Bertz CT molecular complexity index is 605. The van der Waals surface area contributed by atoms with Crippen LogP contribution in [0.4, 0.5) is 5.69 Å². The van der Waals surface area contributed by atoms with E-state index in [0.717, 1.165) is 30.1 Å². The minimum absolute atomic E-state index is 0.598. The summed E-state index contributed by atoms with van der Waals surface area (Å²) in [5, 5.41) is 3.41. The fourth-order valence-electron chi connectivity index (χ4n) is 2.70. The summed E-state index contributed by atoms with van der Waals surface area (Å²) in [6.07, 6.45) is 2.94. The monoisotopic (exact) mass is 350 g/mol. The Morgan fingerprint density at radius 2 is 1.91 bits per heavy atom. The number of aromatic nitrogens is 1. The molecular weight excluding hydrogens is 328 g/mol. The largest absolute Gasteiger partial charge is 0.380 e. The minimum Gasteiger partial charge on any atom is -0.380 e. The van der Waals surface area contributed by atoms with Crippen molar-refractivity contribution in [3.8, 4) is 0 Å². The molecule has 1 aromatic heterocycles. The Morgan fingerprint density at radius 1 is 1.17 bits per heavy atom. The highest BCUT2D eigenvalue weighted by Crippen LogP contribution is 2.19. The Balaban J connectivity index is 1.43. The highest BCUT2D eigenvalue weighted by molar-refractivity contribution is 7.15. The van der Waals surface area contributed by atoms with Crippen molar-refractivity contribution in [2.45, 2.75) is 13.0 Å². The SMILES string of the molecule is CN1CCN(CCc2ccc(NCc3cnc(Cl)s3)cc2)CC1. The molecule has 0 saturated carbocycles. The molecule has 0 atom stereocenters. The molecule has 0 unspecified atom stereocenters. The summed E-state index contributed by atoms with van der Waals surface area (Å²) in [6, 6.07) is 8.75. The molecular formula is C17H23ClN4S.